The maximum atomic E-state index is 14.5. The van der Waals surface area contributed by atoms with Crippen LogP contribution in [0.2, 0.25) is 0 Å². The molecule has 1 atom stereocenters. The molecule has 0 aliphatic carbocycles. The van der Waals surface area contributed by atoms with Gasteiger partial charge in [0.1, 0.15) is 5.82 Å². The summed E-state index contributed by atoms with van der Waals surface area (Å²) in [6.45, 7) is 2.67. The zero-order valence-electron chi connectivity index (χ0n) is 17.6. The van der Waals surface area contributed by atoms with E-state index in [2.05, 4.69) is 14.7 Å². The van der Waals surface area contributed by atoms with E-state index < -0.39 is 28.7 Å². The van der Waals surface area contributed by atoms with E-state index in [1.807, 2.05) is 4.90 Å². The van der Waals surface area contributed by atoms with Gasteiger partial charge in [-0.05, 0) is 48.7 Å². The number of halogens is 2. The van der Waals surface area contributed by atoms with Crippen LogP contribution in [0, 0.1) is 11.6 Å². The van der Waals surface area contributed by atoms with Gasteiger partial charge < -0.3 is 14.2 Å². The molecule has 0 amide bonds. The first-order valence-electron chi connectivity index (χ1n) is 10.4. The Morgan fingerprint density at radius 2 is 1.97 bits per heavy atom. The number of hydrogen-bond acceptors (Lipinski definition) is 7. The fourth-order valence-electron chi connectivity index (χ4n) is 3.65. The summed E-state index contributed by atoms with van der Waals surface area (Å²) < 4.78 is 57.3. The van der Waals surface area contributed by atoms with Crippen LogP contribution < -0.4 is 9.62 Å². The Kier molecular flexibility index (Phi) is 7.33. The van der Waals surface area contributed by atoms with Gasteiger partial charge in [-0.2, -0.15) is 0 Å². The number of ether oxygens (including phenoxy) is 1. The third-order valence-electron chi connectivity index (χ3n) is 5.32. The minimum atomic E-state index is -2.39. The highest BCUT2D eigenvalue weighted by molar-refractivity contribution is 7.77. The van der Waals surface area contributed by atoms with Gasteiger partial charge in [0.05, 0.1) is 36.0 Å². The number of benzene rings is 2. The first kappa shape index (κ1) is 23.3. The maximum absolute atomic E-state index is 14.5. The molecule has 1 N–H and O–H groups in total. The lowest BCUT2D eigenvalue weighted by Gasteiger charge is -2.27. The number of nitrogens with zero attached hydrogens (tertiary/aromatic N) is 3. The van der Waals surface area contributed by atoms with Crippen molar-refractivity contribution in [3.05, 3.63) is 64.9 Å². The molecule has 33 heavy (non-hydrogen) atoms. The molecule has 0 spiro atoms. The molecule has 174 valence electrons. The molecular weight excluding hydrogens is 454 g/mol. The van der Waals surface area contributed by atoms with Crippen LogP contribution >= 0.6 is 0 Å². The highest BCUT2D eigenvalue weighted by Gasteiger charge is 2.20. The molecule has 1 saturated heterocycles. The van der Waals surface area contributed by atoms with Crippen LogP contribution in [0.15, 0.2) is 36.5 Å². The topological polar surface area (TPSA) is 107 Å². The Morgan fingerprint density at radius 3 is 2.73 bits per heavy atom. The molecule has 0 saturated carbocycles. The van der Waals surface area contributed by atoms with Crippen LogP contribution in [0.3, 0.4) is 0 Å². The Morgan fingerprint density at radius 1 is 1.18 bits per heavy atom. The van der Waals surface area contributed by atoms with E-state index in [1.165, 1.54) is 18.2 Å². The second-order valence-corrected chi connectivity index (χ2v) is 8.29. The van der Waals surface area contributed by atoms with Gasteiger partial charge in [-0.1, -0.05) is 0 Å². The number of carbonyl (C=O) groups is 1. The third-order valence-corrected chi connectivity index (χ3v) is 5.76. The Balaban J connectivity index is 1.59. The molecular formula is C22H21F2N4O4S-. The average molecular weight is 475 g/mol. The summed E-state index contributed by atoms with van der Waals surface area (Å²) in [5.74, 6) is -2.38. The van der Waals surface area contributed by atoms with E-state index >= 15 is 0 Å². The van der Waals surface area contributed by atoms with E-state index in [9.17, 15) is 22.3 Å². The van der Waals surface area contributed by atoms with Crippen molar-refractivity contribution in [2.75, 3.05) is 37.7 Å². The average Bonchev–Trinajstić information content (AvgIpc) is 2.83. The van der Waals surface area contributed by atoms with Crippen molar-refractivity contribution in [2.45, 2.75) is 12.8 Å². The van der Waals surface area contributed by atoms with Gasteiger partial charge in [0.25, 0.3) is 0 Å². The first-order chi connectivity index (χ1) is 15.9. The molecule has 2 aromatic carbocycles. The van der Waals surface area contributed by atoms with E-state index in [4.69, 9.17) is 4.74 Å². The van der Waals surface area contributed by atoms with Crippen LogP contribution in [0.4, 0.5) is 14.6 Å². The molecule has 2 heterocycles. The summed E-state index contributed by atoms with van der Waals surface area (Å²) in [5.41, 5.74) is 1.22. The number of fused-ring (bicyclic) bond motifs is 1. The summed E-state index contributed by atoms with van der Waals surface area (Å²) in [7, 11) is 0. The highest BCUT2D eigenvalue weighted by atomic mass is 32.2. The van der Waals surface area contributed by atoms with Crippen LogP contribution in [0.5, 0.6) is 0 Å². The van der Waals surface area contributed by atoms with Crippen molar-refractivity contribution in [3.8, 4) is 0 Å². The predicted octanol–water partition coefficient (Wildman–Crippen LogP) is 2.29. The standard InChI is InChI=1S/C22H22F2N4O4S/c23-17-11-14(2-1-5-26-33(30)31)10-16(21(17)24)22(29)15-3-4-18-19(12-15)27-20(13-25-18)28-6-8-32-9-7-28/h3-4,10-13,26H,1-2,5-9H2,(H,30,31)/p-1. The van der Waals surface area contributed by atoms with Gasteiger partial charge in [0, 0.05) is 36.5 Å². The molecule has 0 radical (unpaired) electrons. The molecule has 0 bridgehead atoms. The van der Waals surface area contributed by atoms with Crippen molar-refractivity contribution in [1.29, 1.82) is 0 Å². The summed E-state index contributed by atoms with van der Waals surface area (Å²) in [6.07, 6.45) is 2.29. The van der Waals surface area contributed by atoms with Gasteiger partial charge in [-0.25, -0.2) is 18.5 Å². The van der Waals surface area contributed by atoms with Gasteiger partial charge in [-0.3, -0.25) is 14.0 Å². The molecule has 3 aromatic rings. The van der Waals surface area contributed by atoms with Crippen LogP contribution in [0.1, 0.15) is 27.9 Å². The number of aromatic nitrogens is 2. The lowest BCUT2D eigenvalue weighted by Crippen LogP contribution is -2.36. The second-order valence-electron chi connectivity index (χ2n) is 7.53. The van der Waals surface area contributed by atoms with E-state index in [1.54, 1.807) is 12.3 Å². The van der Waals surface area contributed by atoms with Crippen LogP contribution in [-0.2, 0) is 22.4 Å². The quantitative estimate of drug-likeness (QED) is 0.303. The van der Waals surface area contributed by atoms with E-state index in [0.717, 1.165) is 6.07 Å². The molecule has 8 nitrogen and oxygen atoms in total. The minimum Gasteiger partial charge on any atom is -0.760 e. The first-order valence-corrected chi connectivity index (χ1v) is 11.4. The van der Waals surface area contributed by atoms with Crippen molar-refractivity contribution in [3.63, 3.8) is 0 Å². The van der Waals surface area contributed by atoms with Crippen LogP contribution in [-0.4, -0.2) is 57.4 Å². The molecule has 1 aromatic heterocycles. The zero-order chi connectivity index (χ0) is 23.4. The number of carbonyl (C=O) groups excluding carboxylic acids is 1. The second kappa shape index (κ2) is 10.4. The summed E-state index contributed by atoms with van der Waals surface area (Å²) >= 11 is -2.39. The van der Waals surface area contributed by atoms with Gasteiger partial charge >= 0.3 is 0 Å². The van der Waals surface area contributed by atoms with Crippen molar-refractivity contribution in [1.82, 2.24) is 14.7 Å². The van der Waals surface area contributed by atoms with E-state index in [-0.39, 0.29) is 24.1 Å². The SMILES string of the molecule is O=C(c1ccc2ncc(N3CCOCC3)nc2c1)c1cc(CCCNS(=O)[O-])cc(F)c1F. The molecule has 1 fully saturated rings. The number of hydrogen-bond donors (Lipinski definition) is 1. The van der Waals surface area contributed by atoms with Gasteiger partial charge in [0.2, 0.25) is 0 Å². The van der Waals surface area contributed by atoms with Gasteiger partial charge in [-0.15, -0.1) is 0 Å². The van der Waals surface area contributed by atoms with E-state index in [0.29, 0.717) is 55.1 Å². The zero-order valence-corrected chi connectivity index (χ0v) is 18.4. The fourth-order valence-corrected chi connectivity index (χ4v) is 3.96. The summed E-state index contributed by atoms with van der Waals surface area (Å²) in [4.78, 5) is 24.1. The van der Waals surface area contributed by atoms with Crippen molar-refractivity contribution in [2.24, 2.45) is 0 Å². The number of anilines is 1. The summed E-state index contributed by atoms with van der Waals surface area (Å²) in [6, 6.07) is 6.96. The highest BCUT2D eigenvalue weighted by Crippen LogP contribution is 2.23. The lowest BCUT2D eigenvalue weighted by atomic mass is 9.98. The Hall–Kier alpha value is -2.86. The van der Waals surface area contributed by atoms with Crippen molar-refractivity contribution >= 4 is 33.9 Å². The molecule has 1 aliphatic rings. The number of ketones is 1. The van der Waals surface area contributed by atoms with Gasteiger partial charge in [0.15, 0.2) is 17.4 Å². The van der Waals surface area contributed by atoms with Crippen molar-refractivity contribution < 1.29 is 27.1 Å². The third kappa shape index (κ3) is 5.56. The normalized spacial score (nSPS) is 15.1. The molecule has 11 heteroatoms. The number of aryl methyl sites for hydroxylation is 1. The Labute approximate surface area is 191 Å². The number of nitrogens with one attached hydrogen (secondary N) is 1. The smallest absolute Gasteiger partial charge is 0.196 e. The molecule has 1 aliphatic heterocycles. The largest absolute Gasteiger partial charge is 0.760 e. The predicted molar refractivity (Wildman–Crippen MR) is 118 cm³/mol. The number of morpholine rings is 1. The molecule has 4 rings (SSSR count). The lowest BCUT2D eigenvalue weighted by molar-refractivity contribution is 0.103. The minimum absolute atomic E-state index is 0.146. The Bertz CT molecular complexity index is 1200. The fraction of sp³-hybridized carbons (Fsp3) is 0.318. The monoisotopic (exact) mass is 475 g/mol. The summed E-state index contributed by atoms with van der Waals surface area (Å²) in [5, 5.41) is 0. The number of rotatable bonds is 8. The molecule has 1 unspecified atom stereocenters. The van der Waals surface area contributed by atoms with Crippen LogP contribution in [0.25, 0.3) is 11.0 Å². The maximum Gasteiger partial charge on any atom is 0.196 e.